The molecule has 2 atom stereocenters. The molecule has 1 aromatic rings. The number of halogens is 2. The molecule has 2 unspecified atom stereocenters. The van der Waals surface area contributed by atoms with Gasteiger partial charge in [-0.1, -0.05) is 25.4 Å². The quantitative estimate of drug-likeness (QED) is 0.911. The second-order valence-corrected chi connectivity index (χ2v) is 5.63. The van der Waals surface area contributed by atoms with E-state index in [0.717, 1.165) is 0 Å². The first-order chi connectivity index (χ1) is 9.32. The molecule has 1 aliphatic heterocycles. The van der Waals surface area contributed by atoms with Gasteiger partial charge in [0.25, 0.3) is 0 Å². The Balaban J connectivity index is 2.55. The fourth-order valence-corrected chi connectivity index (χ4v) is 2.57. The maximum Gasteiger partial charge on any atom is 0.250 e. The molecule has 0 aliphatic carbocycles. The number of hydrogen-bond donors (Lipinski definition) is 1. The van der Waals surface area contributed by atoms with E-state index < -0.39 is 17.9 Å². The first kappa shape index (κ1) is 14.8. The van der Waals surface area contributed by atoms with Crippen LogP contribution in [0.3, 0.4) is 0 Å². The SMILES string of the molecule is CC1NC(=O)C(C(C)C)N(c2cc(F)ccc2Cl)C1=O. The third-order valence-electron chi connectivity index (χ3n) is 3.31. The zero-order valence-electron chi connectivity index (χ0n) is 11.5. The summed E-state index contributed by atoms with van der Waals surface area (Å²) in [5.41, 5.74) is 0.233. The van der Waals surface area contributed by atoms with Crippen molar-refractivity contribution in [2.24, 2.45) is 5.92 Å². The Morgan fingerprint density at radius 2 is 2.00 bits per heavy atom. The molecule has 1 saturated heterocycles. The van der Waals surface area contributed by atoms with Gasteiger partial charge in [-0.25, -0.2) is 4.39 Å². The average Bonchev–Trinajstić information content (AvgIpc) is 2.36. The van der Waals surface area contributed by atoms with Gasteiger partial charge in [-0.3, -0.25) is 14.5 Å². The summed E-state index contributed by atoms with van der Waals surface area (Å²) < 4.78 is 13.5. The molecule has 2 rings (SSSR count). The fourth-order valence-electron chi connectivity index (χ4n) is 2.36. The molecule has 1 heterocycles. The molecule has 1 N–H and O–H groups in total. The molecular weight excluding hydrogens is 283 g/mol. The summed E-state index contributed by atoms with van der Waals surface area (Å²) >= 11 is 6.07. The van der Waals surface area contributed by atoms with E-state index in [-0.39, 0.29) is 28.4 Å². The molecule has 0 aromatic heterocycles. The smallest absolute Gasteiger partial charge is 0.250 e. The number of amides is 2. The Morgan fingerprint density at radius 3 is 2.60 bits per heavy atom. The van der Waals surface area contributed by atoms with Crippen LogP contribution in [-0.2, 0) is 9.59 Å². The van der Waals surface area contributed by atoms with Gasteiger partial charge in [0, 0.05) is 0 Å². The number of piperazine rings is 1. The number of carbonyl (C=O) groups excluding carboxylic acids is 2. The predicted molar refractivity (Wildman–Crippen MR) is 75.1 cm³/mol. The van der Waals surface area contributed by atoms with Crippen molar-refractivity contribution in [2.75, 3.05) is 4.90 Å². The molecule has 0 spiro atoms. The van der Waals surface area contributed by atoms with Crippen molar-refractivity contribution in [1.29, 1.82) is 0 Å². The second-order valence-electron chi connectivity index (χ2n) is 5.22. The first-order valence-electron chi connectivity index (χ1n) is 6.41. The van der Waals surface area contributed by atoms with E-state index in [0.29, 0.717) is 0 Å². The number of carbonyl (C=O) groups is 2. The molecular formula is C14H16ClFN2O2. The molecule has 4 nitrogen and oxygen atoms in total. The third kappa shape index (κ3) is 2.50. The Morgan fingerprint density at radius 1 is 1.35 bits per heavy atom. The minimum absolute atomic E-state index is 0.120. The van der Waals surface area contributed by atoms with E-state index >= 15 is 0 Å². The van der Waals surface area contributed by atoms with Crippen LogP contribution in [0.25, 0.3) is 0 Å². The fraction of sp³-hybridized carbons (Fsp3) is 0.429. The minimum atomic E-state index is -0.696. The predicted octanol–water partition coefficient (Wildman–Crippen LogP) is 2.36. The highest BCUT2D eigenvalue weighted by Crippen LogP contribution is 2.32. The summed E-state index contributed by atoms with van der Waals surface area (Å²) in [6.07, 6.45) is 0. The van der Waals surface area contributed by atoms with Crippen molar-refractivity contribution < 1.29 is 14.0 Å². The normalized spacial score (nSPS) is 23.2. The van der Waals surface area contributed by atoms with E-state index in [1.807, 2.05) is 13.8 Å². The van der Waals surface area contributed by atoms with E-state index in [2.05, 4.69) is 5.32 Å². The van der Waals surface area contributed by atoms with Crippen LogP contribution in [-0.4, -0.2) is 23.9 Å². The summed E-state index contributed by atoms with van der Waals surface area (Å²) in [6, 6.07) is 2.43. The van der Waals surface area contributed by atoms with Crippen LogP contribution in [0, 0.1) is 11.7 Å². The lowest BCUT2D eigenvalue weighted by atomic mass is 9.96. The van der Waals surface area contributed by atoms with Crippen LogP contribution in [0.15, 0.2) is 18.2 Å². The van der Waals surface area contributed by atoms with Gasteiger partial charge >= 0.3 is 0 Å². The van der Waals surface area contributed by atoms with Crippen molar-refractivity contribution in [1.82, 2.24) is 5.32 Å². The molecule has 0 radical (unpaired) electrons. The van der Waals surface area contributed by atoms with Crippen LogP contribution >= 0.6 is 11.6 Å². The standard InChI is InChI=1S/C14H16ClFN2O2/c1-7(2)12-13(19)17-8(3)14(20)18(12)11-6-9(16)4-5-10(11)15/h4-8,12H,1-3H3,(H,17,19). The lowest BCUT2D eigenvalue weighted by Crippen LogP contribution is -2.64. The van der Waals surface area contributed by atoms with Crippen molar-refractivity contribution >= 4 is 29.1 Å². The summed E-state index contributed by atoms with van der Waals surface area (Å²) in [5, 5.41) is 2.87. The second kappa shape index (κ2) is 5.40. The number of rotatable bonds is 2. The Labute approximate surface area is 121 Å². The molecule has 1 fully saturated rings. The van der Waals surface area contributed by atoms with E-state index in [4.69, 9.17) is 11.6 Å². The maximum absolute atomic E-state index is 13.5. The van der Waals surface area contributed by atoms with Crippen molar-refractivity contribution in [3.63, 3.8) is 0 Å². The lowest BCUT2D eigenvalue weighted by molar-refractivity contribution is -0.134. The molecule has 108 valence electrons. The highest BCUT2D eigenvalue weighted by Gasteiger charge is 2.41. The molecule has 6 heteroatoms. The number of hydrogen-bond acceptors (Lipinski definition) is 2. The molecule has 1 aromatic carbocycles. The van der Waals surface area contributed by atoms with E-state index in [1.165, 1.54) is 23.1 Å². The van der Waals surface area contributed by atoms with Gasteiger partial charge in [-0.2, -0.15) is 0 Å². The highest BCUT2D eigenvalue weighted by molar-refractivity contribution is 6.34. The van der Waals surface area contributed by atoms with Gasteiger partial charge in [-0.05, 0) is 31.0 Å². The Hall–Kier alpha value is -1.62. The zero-order chi connectivity index (χ0) is 15.0. The number of nitrogens with zero attached hydrogens (tertiary/aromatic N) is 1. The van der Waals surface area contributed by atoms with Gasteiger partial charge in [-0.15, -0.1) is 0 Å². The molecule has 0 saturated carbocycles. The Bertz CT molecular complexity index is 562. The zero-order valence-corrected chi connectivity index (χ0v) is 12.2. The summed E-state index contributed by atoms with van der Waals surface area (Å²) in [7, 11) is 0. The van der Waals surface area contributed by atoms with Gasteiger partial charge in [0.05, 0.1) is 10.7 Å². The van der Waals surface area contributed by atoms with Crippen LogP contribution in [0.5, 0.6) is 0 Å². The first-order valence-corrected chi connectivity index (χ1v) is 6.79. The average molecular weight is 299 g/mol. The topological polar surface area (TPSA) is 49.4 Å². The van der Waals surface area contributed by atoms with E-state index in [1.54, 1.807) is 6.92 Å². The minimum Gasteiger partial charge on any atom is -0.343 e. The summed E-state index contributed by atoms with van der Waals surface area (Å²) in [5.74, 6) is -1.17. The largest absolute Gasteiger partial charge is 0.343 e. The molecule has 1 aliphatic rings. The molecule has 0 bridgehead atoms. The van der Waals surface area contributed by atoms with Crippen molar-refractivity contribution in [3.8, 4) is 0 Å². The van der Waals surface area contributed by atoms with Crippen molar-refractivity contribution in [2.45, 2.75) is 32.9 Å². The number of anilines is 1. The number of benzene rings is 1. The van der Waals surface area contributed by atoms with Crippen LogP contribution in [0.4, 0.5) is 10.1 Å². The van der Waals surface area contributed by atoms with Gasteiger partial charge in [0.2, 0.25) is 11.8 Å². The van der Waals surface area contributed by atoms with E-state index in [9.17, 15) is 14.0 Å². The summed E-state index contributed by atoms with van der Waals surface area (Å²) in [6.45, 7) is 5.25. The van der Waals surface area contributed by atoms with Gasteiger partial charge < -0.3 is 5.32 Å². The van der Waals surface area contributed by atoms with Gasteiger partial charge in [0.1, 0.15) is 17.9 Å². The lowest BCUT2D eigenvalue weighted by Gasteiger charge is -2.40. The molecule has 20 heavy (non-hydrogen) atoms. The van der Waals surface area contributed by atoms with Crippen LogP contribution in [0.2, 0.25) is 5.02 Å². The molecule has 2 amide bonds. The summed E-state index contributed by atoms with van der Waals surface area (Å²) in [4.78, 5) is 25.8. The van der Waals surface area contributed by atoms with Crippen molar-refractivity contribution in [3.05, 3.63) is 29.0 Å². The van der Waals surface area contributed by atoms with Crippen LogP contribution in [0.1, 0.15) is 20.8 Å². The van der Waals surface area contributed by atoms with Crippen LogP contribution < -0.4 is 10.2 Å². The monoisotopic (exact) mass is 298 g/mol. The highest BCUT2D eigenvalue weighted by atomic mass is 35.5. The number of nitrogens with one attached hydrogen (secondary N) is 1. The maximum atomic E-state index is 13.5. The third-order valence-corrected chi connectivity index (χ3v) is 3.63. The van der Waals surface area contributed by atoms with Gasteiger partial charge in [0.15, 0.2) is 0 Å². The Kier molecular flexibility index (Phi) is 3.99.